The van der Waals surface area contributed by atoms with Crippen molar-refractivity contribution in [3.05, 3.63) is 41.5 Å². The molecular weight excluding hydrogens is 236 g/mol. The minimum Gasteiger partial charge on any atom is -0.508 e. The fraction of sp³-hybridized carbons (Fsp3) is 0.385. The second kappa shape index (κ2) is 6.57. The maximum atomic E-state index is 11.0. The highest BCUT2D eigenvalue weighted by atomic mass is 32.2. The van der Waals surface area contributed by atoms with Crippen molar-refractivity contribution in [2.24, 2.45) is 0 Å². The van der Waals surface area contributed by atoms with Crippen molar-refractivity contribution >= 4 is 11.1 Å². The van der Waals surface area contributed by atoms with E-state index in [1.54, 1.807) is 25.1 Å². The van der Waals surface area contributed by atoms with Crippen LogP contribution in [0.5, 0.6) is 5.75 Å². The van der Waals surface area contributed by atoms with Crippen molar-refractivity contribution in [3.8, 4) is 5.75 Å². The fourth-order valence-corrected chi connectivity index (χ4v) is 1.89. The van der Waals surface area contributed by atoms with Gasteiger partial charge in [0.05, 0.1) is 5.25 Å². The monoisotopic (exact) mass is 254 g/mol. The maximum Gasteiger partial charge on any atom is 0.160 e. The van der Waals surface area contributed by atoms with Crippen LogP contribution < -0.4 is 0 Å². The molecule has 0 aliphatic heterocycles. The lowest BCUT2D eigenvalue weighted by Crippen LogP contribution is -2.01. The second-order valence-electron chi connectivity index (χ2n) is 3.89. The molecule has 94 valence electrons. The second-order valence-corrected chi connectivity index (χ2v) is 5.15. The van der Waals surface area contributed by atoms with E-state index >= 15 is 0 Å². The van der Waals surface area contributed by atoms with Crippen molar-refractivity contribution in [1.82, 2.24) is 0 Å². The molecule has 0 aliphatic carbocycles. The first-order chi connectivity index (χ1) is 8.06. The predicted octanol–water partition coefficient (Wildman–Crippen LogP) is 3.18. The van der Waals surface area contributed by atoms with E-state index in [9.17, 15) is 9.32 Å². The van der Waals surface area contributed by atoms with E-state index < -0.39 is 16.3 Å². The molecule has 0 aromatic heterocycles. The minimum atomic E-state index is -1.88. The van der Waals surface area contributed by atoms with Gasteiger partial charge >= 0.3 is 0 Å². The zero-order chi connectivity index (χ0) is 12.8. The summed E-state index contributed by atoms with van der Waals surface area (Å²) in [6.45, 7) is 3.73. The number of hydrogen-bond acceptors (Lipinski definition) is 2. The zero-order valence-electron chi connectivity index (χ0n) is 10.1. The third kappa shape index (κ3) is 3.98. The van der Waals surface area contributed by atoms with Gasteiger partial charge in [0.1, 0.15) is 5.75 Å². The zero-order valence-corrected chi connectivity index (χ0v) is 10.9. The van der Waals surface area contributed by atoms with Gasteiger partial charge in [-0.1, -0.05) is 31.2 Å². The molecule has 0 saturated carbocycles. The summed E-state index contributed by atoms with van der Waals surface area (Å²) in [6, 6.07) is 5.04. The lowest BCUT2D eigenvalue weighted by atomic mass is 10.0. The lowest BCUT2D eigenvalue weighted by molar-refractivity contribution is 0.469. The van der Waals surface area contributed by atoms with E-state index in [1.165, 1.54) is 0 Å². The number of rotatable bonds is 5. The number of phenols is 1. The highest BCUT2D eigenvalue weighted by Crippen LogP contribution is 2.25. The molecule has 1 aromatic rings. The number of phenolic OH excluding ortho intramolecular Hbond substituents is 1. The van der Waals surface area contributed by atoms with Crippen molar-refractivity contribution in [2.75, 3.05) is 0 Å². The molecule has 1 aromatic carbocycles. The van der Waals surface area contributed by atoms with Crippen LogP contribution in [0.15, 0.2) is 30.4 Å². The Labute approximate surface area is 104 Å². The molecule has 0 bridgehead atoms. The Bertz CT molecular complexity index is 427. The normalized spacial score (nSPS) is 15.0. The van der Waals surface area contributed by atoms with E-state index in [0.717, 1.165) is 17.5 Å². The molecule has 0 aliphatic rings. The Morgan fingerprint density at radius 3 is 2.71 bits per heavy atom. The lowest BCUT2D eigenvalue weighted by Gasteiger charge is -2.10. The van der Waals surface area contributed by atoms with Gasteiger partial charge in [-0.05, 0) is 37.0 Å². The molecular formula is C13H18O3S. The number of benzene rings is 1. The van der Waals surface area contributed by atoms with E-state index in [2.05, 4.69) is 0 Å². The van der Waals surface area contributed by atoms with E-state index in [0.29, 0.717) is 6.42 Å². The molecule has 2 N–H and O–H groups in total. The van der Waals surface area contributed by atoms with Gasteiger partial charge in [0.2, 0.25) is 0 Å². The first kappa shape index (κ1) is 13.9. The minimum absolute atomic E-state index is 0.227. The van der Waals surface area contributed by atoms with Gasteiger partial charge in [0.25, 0.3) is 0 Å². The Hall–Kier alpha value is -1.13. The average Bonchev–Trinajstić information content (AvgIpc) is 2.30. The molecule has 0 heterocycles. The Morgan fingerprint density at radius 2 is 2.12 bits per heavy atom. The van der Waals surface area contributed by atoms with Crippen LogP contribution in [-0.4, -0.2) is 13.9 Å². The predicted molar refractivity (Wildman–Crippen MR) is 70.4 cm³/mol. The van der Waals surface area contributed by atoms with E-state index in [1.807, 2.05) is 19.1 Å². The topological polar surface area (TPSA) is 57.5 Å². The van der Waals surface area contributed by atoms with Crippen LogP contribution in [0.4, 0.5) is 0 Å². The standard InChI is InChI=1S/C13H18O3S/c1-3-4-5-6-12-9-11(7-8-13(12)14)10(2)17(15)16/h4-5,7-10,14H,3,6H2,1-2H3,(H,15,16). The number of allylic oxidation sites excluding steroid dienone is 2. The molecule has 2 atom stereocenters. The van der Waals surface area contributed by atoms with E-state index in [-0.39, 0.29) is 5.75 Å². The van der Waals surface area contributed by atoms with Gasteiger partial charge < -0.3 is 9.66 Å². The summed E-state index contributed by atoms with van der Waals surface area (Å²) in [6.07, 6.45) is 5.61. The van der Waals surface area contributed by atoms with Crippen molar-refractivity contribution in [2.45, 2.75) is 31.9 Å². The first-order valence-corrected chi connectivity index (χ1v) is 6.79. The van der Waals surface area contributed by atoms with Crippen LogP contribution in [0.2, 0.25) is 0 Å². The van der Waals surface area contributed by atoms with Crippen LogP contribution >= 0.6 is 0 Å². The number of hydrogen-bond donors (Lipinski definition) is 2. The molecule has 0 saturated heterocycles. The summed E-state index contributed by atoms with van der Waals surface area (Å²) in [5.74, 6) is 0.227. The molecule has 4 heteroatoms. The SMILES string of the molecule is CCC=CCc1cc(C(C)S(=O)O)ccc1O. The fourth-order valence-electron chi connectivity index (χ4n) is 1.52. The van der Waals surface area contributed by atoms with Gasteiger partial charge in [0, 0.05) is 0 Å². The van der Waals surface area contributed by atoms with Gasteiger partial charge in [0.15, 0.2) is 11.1 Å². The summed E-state index contributed by atoms with van der Waals surface area (Å²) in [5, 5.41) is 9.24. The highest BCUT2D eigenvalue weighted by molar-refractivity contribution is 7.79. The van der Waals surface area contributed by atoms with Crippen molar-refractivity contribution in [1.29, 1.82) is 0 Å². The van der Waals surface area contributed by atoms with Crippen LogP contribution in [0, 0.1) is 0 Å². The molecule has 0 radical (unpaired) electrons. The molecule has 0 spiro atoms. The summed E-state index contributed by atoms with van der Waals surface area (Å²) >= 11 is -1.88. The van der Waals surface area contributed by atoms with Gasteiger partial charge in [-0.15, -0.1) is 0 Å². The van der Waals surface area contributed by atoms with Crippen LogP contribution in [0.25, 0.3) is 0 Å². The quantitative estimate of drug-likeness (QED) is 0.626. The maximum absolute atomic E-state index is 11.0. The van der Waals surface area contributed by atoms with E-state index in [4.69, 9.17) is 4.55 Å². The molecule has 0 fully saturated rings. The molecule has 0 amide bonds. The summed E-state index contributed by atoms with van der Waals surface area (Å²) in [5.41, 5.74) is 1.55. The summed E-state index contributed by atoms with van der Waals surface area (Å²) in [7, 11) is 0. The Balaban J connectivity index is 2.93. The van der Waals surface area contributed by atoms with Crippen LogP contribution in [0.1, 0.15) is 36.6 Å². The van der Waals surface area contributed by atoms with Crippen LogP contribution in [0.3, 0.4) is 0 Å². The smallest absolute Gasteiger partial charge is 0.160 e. The van der Waals surface area contributed by atoms with Crippen LogP contribution in [-0.2, 0) is 17.5 Å². The largest absolute Gasteiger partial charge is 0.508 e. The third-order valence-electron chi connectivity index (χ3n) is 2.62. The van der Waals surface area contributed by atoms with Crippen molar-refractivity contribution < 1.29 is 13.9 Å². The van der Waals surface area contributed by atoms with Crippen molar-refractivity contribution in [3.63, 3.8) is 0 Å². The Kier molecular flexibility index (Phi) is 5.38. The average molecular weight is 254 g/mol. The van der Waals surface area contributed by atoms with Gasteiger partial charge in [-0.3, -0.25) is 0 Å². The van der Waals surface area contributed by atoms with Gasteiger partial charge in [-0.2, -0.15) is 0 Å². The first-order valence-electron chi connectivity index (χ1n) is 5.62. The highest BCUT2D eigenvalue weighted by Gasteiger charge is 2.12. The third-order valence-corrected chi connectivity index (χ3v) is 3.49. The van der Waals surface area contributed by atoms with Gasteiger partial charge in [-0.25, -0.2) is 4.21 Å². The molecule has 3 nitrogen and oxygen atoms in total. The molecule has 2 unspecified atom stereocenters. The Morgan fingerprint density at radius 1 is 1.41 bits per heavy atom. The number of aromatic hydroxyl groups is 1. The summed E-state index contributed by atoms with van der Waals surface area (Å²) in [4.78, 5) is 0. The summed E-state index contributed by atoms with van der Waals surface area (Å²) < 4.78 is 20.0. The molecule has 1 rings (SSSR count). The molecule has 17 heavy (non-hydrogen) atoms.